The molecule has 3 aromatic carbocycles. The van der Waals surface area contributed by atoms with Crippen LogP contribution in [-0.2, 0) is 22.6 Å². The molecule has 0 aromatic heterocycles. The Morgan fingerprint density at radius 2 is 1.80 bits per heavy atom. The van der Waals surface area contributed by atoms with Crippen LogP contribution in [0.3, 0.4) is 0 Å². The molecule has 1 saturated heterocycles. The number of nitrogens with zero attached hydrogens (tertiary/aromatic N) is 1. The van der Waals surface area contributed by atoms with Gasteiger partial charge in [-0.3, -0.25) is 9.59 Å². The van der Waals surface area contributed by atoms with Gasteiger partial charge in [-0.2, -0.15) is 0 Å². The van der Waals surface area contributed by atoms with E-state index in [2.05, 4.69) is 6.92 Å². The highest BCUT2D eigenvalue weighted by Crippen LogP contribution is 2.43. The van der Waals surface area contributed by atoms with Gasteiger partial charge in [-0.05, 0) is 67.3 Å². The maximum Gasteiger partial charge on any atom is 0.295 e. The quantitative estimate of drug-likeness (QED) is 0.142. The minimum absolute atomic E-state index is 0.0406. The third-order valence-corrected chi connectivity index (χ3v) is 7.24. The van der Waals surface area contributed by atoms with Crippen LogP contribution in [0.2, 0.25) is 0 Å². The number of likely N-dealkylation sites (tertiary alicyclic amines) is 1. The van der Waals surface area contributed by atoms with Gasteiger partial charge in [0.2, 0.25) is 0 Å². The zero-order valence-corrected chi connectivity index (χ0v) is 23.2. The zero-order valence-electron chi connectivity index (χ0n) is 23.2. The third kappa shape index (κ3) is 5.41. The van der Waals surface area contributed by atoms with E-state index < -0.39 is 17.7 Å². The molecule has 0 bridgehead atoms. The van der Waals surface area contributed by atoms with Gasteiger partial charge in [-0.1, -0.05) is 49.7 Å². The molecular formula is C33H35NO6. The Labute approximate surface area is 235 Å². The number of ether oxygens (including phenoxy) is 3. The SMILES string of the molecule is CCCCOc1ccc([C@@H]2C(=C(O)c3ccc4c(c3)C[C@H](C)O4)C(=O)C(=O)N2Cc2ccccc2)cc1OCC. The lowest BCUT2D eigenvalue weighted by Crippen LogP contribution is -2.29. The van der Waals surface area contributed by atoms with Gasteiger partial charge in [0.15, 0.2) is 11.5 Å². The Balaban J connectivity index is 1.61. The number of amides is 1. The number of ketones is 1. The van der Waals surface area contributed by atoms with E-state index in [0.717, 1.165) is 29.7 Å². The number of aliphatic hydroxyl groups excluding tert-OH is 1. The van der Waals surface area contributed by atoms with Gasteiger partial charge in [0.1, 0.15) is 17.6 Å². The van der Waals surface area contributed by atoms with Crippen LogP contribution in [0.25, 0.3) is 5.76 Å². The number of unbranched alkanes of at least 4 members (excludes halogenated alkanes) is 1. The van der Waals surface area contributed by atoms with E-state index >= 15 is 0 Å². The van der Waals surface area contributed by atoms with Gasteiger partial charge in [-0.15, -0.1) is 0 Å². The van der Waals surface area contributed by atoms with Crippen molar-refractivity contribution in [2.75, 3.05) is 13.2 Å². The van der Waals surface area contributed by atoms with Gasteiger partial charge in [0.25, 0.3) is 11.7 Å². The molecule has 1 N–H and O–H groups in total. The van der Waals surface area contributed by atoms with Crippen molar-refractivity contribution in [1.82, 2.24) is 4.90 Å². The fraction of sp³-hybridized carbons (Fsp3) is 0.333. The largest absolute Gasteiger partial charge is 0.507 e. The Kier molecular flexibility index (Phi) is 8.10. The molecule has 2 heterocycles. The molecule has 208 valence electrons. The van der Waals surface area contributed by atoms with Gasteiger partial charge in [0, 0.05) is 18.5 Å². The lowest BCUT2D eigenvalue weighted by molar-refractivity contribution is -0.140. The molecule has 2 atom stereocenters. The molecule has 0 spiro atoms. The van der Waals surface area contributed by atoms with E-state index in [1.807, 2.05) is 68.4 Å². The Bertz CT molecular complexity index is 1430. The second kappa shape index (κ2) is 11.9. The average molecular weight is 542 g/mol. The second-order valence-corrected chi connectivity index (χ2v) is 10.2. The summed E-state index contributed by atoms with van der Waals surface area (Å²) in [7, 11) is 0. The molecular weight excluding hydrogens is 506 g/mol. The number of aliphatic hydroxyl groups is 1. The van der Waals surface area contributed by atoms with Crippen molar-refractivity contribution in [2.45, 2.75) is 58.7 Å². The van der Waals surface area contributed by atoms with Gasteiger partial charge >= 0.3 is 0 Å². The zero-order chi connectivity index (χ0) is 28.2. The molecule has 0 unspecified atom stereocenters. The first-order valence-corrected chi connectivity index (χ1v) is 13.9. The van der Waals surface area contributed by atoms with Gasteiger partial charge in [0.05, 0.1) is 24.8 Å². The summed E-state index contributed by atoms with van der Waals surface area (Å²) in [6, 6.07) is 19.5. The molecule has 40 heavy (non-hydrogen) atoms. The fourth-order valence-corrected chi connectivity index (χ4v) is 5.30. The van der Waals surface area contributed by atoms with Crippen molar-refractivity contribution in [1.29, 1.82) is 0 Å². The van der Waals surface area contributed by atoms with Crippen molar-refractivity contribution in [3.8, 4) is 17.2 Å². The summed E-state index contributed by atoms with van der Waals surface area (Å²) in [6.07, 6.45) is 2.66. The lowest BCUT2D eigenvalue weighted by Gasteiger charge is -2.26. The van der Waals surface area contributed by atoms with Crippen LogP contribution in [0, 0.1) is 0 Å². The summed E-state index contributed by atoms with van der Waals surface area (Å²) in [5.41, 5.74) is 3.01. The van der Waals surface area contributed by atoms with Crippen LogP contribution in [0.5, 0.6) is 17.2 Å². The maximum atomic E-state index is 13.6. The summed E-state index contributed by atoms with van der Waals surface area (Å²) >= 11 is 0. The Morgan fingerprint density at radius 3 is 2.55 bits per heavy atom. The number of Topliss-reactive ketones (excluding diaryl/α,β-unsaturated/α-hetero) is 1. The third-order valence-electron chi connectivity index (χ3n) is 7.24. The normalized spacial score (nSPS) is 19.4. The minimum Gasteiger partial charge on any atom is -0.507 e. The molecule has 0 aliphatic carbocycles. The minimum atomic E-state index is -0.812. The van der Waals surface area contributed by atoms with Gasteiger partial charge < -0.3 is 24.2 Å². The van der Waals surface area contributed by atoms with Gasteiger partial charge in [-0.25, -0.2) is 0 Å². The summed E-state index contributed by atoms with van der Waals surface area (Å²) in [5.74, 6) is 0.323. The molecule has 7 nitrogen and oxygen atoms in total. The summed E-state index contributed by atoms with van der Waals surface area (Å²) in [4.78, 5) is 28.5. The standard InChI is InChI=1S/C33H35NO6/c1-4-6-16-39-27-15-12-23(19-28(27)38-5-2)30-29(31(35)24-13-14-26-25(18-24)17-21(3)40-26)32(36)33(37)34(30)20-22-10-8-7-9-11-22/h7-15,18-19,21,30,35H,4-6,16-17,20H2,1-3H3/t21-,30+/m0/s1. The second-order valence-electron chi connectivity index (χ2n) is 10.2. The van der Waals surface area contributed by atoms with Crippen LogP contribution in [-0.4, -0.2) is 41.0 Å². The van der Waals surface area contributed by atoms with E-state index in [-0.39, 0.29) is 24.0 Å². The van der Waals surface area contributed by atoms with E-state index in [4.69, 9.17) is 14.2 Å². The van der Waals surface area contributed by atoms with E-state index in [1.54, 1.807) is 12.1 Å². The molecule has 2 aliphatic heterocycles. The maximum absolute atomic E-state index is 13.6. The van der Waals surface area contributed by atoms with Crippen molar-refractivity contribution in [3.63, 3.8) is 0 Å². The number of fused-ring (bicyclic) bond motifs is 1. The average Bonchev–Trinajstić information content (AvgIpc) is 3.45. The van der Waals surface area contributed by atoms with Crippen LogP contribution in [0.15, 0.2) is 72.3 Å². The van der Waals surface area contributed by atoms with Crippen molar-refractivity contribution in [2.24, 2.45) is 0 Å². The van der Waals surface area contributed by atoms with E-state index in [1.165, 1.54) is 4.90 Å². The topological polar surface area (TPSA) is 85.3 Å². The van der Waals surface area contributed by atoms with Crippen LogP contribution < -0.4 is 14.2 Å². The van der Waals surface area contributed by atoms with Crippen molar-refractivity contribution >= 4 is 17.4 Å². The van der Waals surface area contributed by atoms with Crippen LogP contribution in [0.4, 0.5) is 0 Å². The molecule has 2 aliphatic rings. The molecule has 1 fully saturated rings. The molecule has 1 amide bonds. The summed E-state index contributed by atoms with van der Waals surface area (Å²) < 4.78 is 17.7. The van der Waals surface area contributed by atoms with Crippen molar-refractivity contribution < 1.29 is 28.9 Å². The predicted molar refractivity (Wildman–Crippen MR) is 153 cm³/mol. The first-order chi connectivity index (χ1) is 19.4. The highest BCUT2D eigenvalue weighted by Gasteiger charge is 2.46. The first kappa shape index (κ1) is 27.3. The number of carbonyl (C=O) groups is 2. The molecule has 5 rings (SSSR count). The lowest BCUT2D eigenvalue weighted by atomic mass is 9.94. The molecule has 0 radical (unpaired) electrons. The van der Waals surface area contributed by atoms with Crippen molar-refractivity contribution in [3.05, 3.63) is 94.6 Å². The summed E-state index contributed by atoms with van der Waals surface area (Å²) in [5, 5.41) is 11.6. The molecule has 7 heteroatoms. The first-order valence-electron chi connectivity index (χ1n) is 13.9. The van der Waals surface area contributed by atoms with E-state index in [0.29, 0.717) is 42.3 Å². The predicted octanol–water partition coefficient (Wildman–Crippen LogP) is 6.21. The summed E-state index contributed by atoms with van der Waals surface area (Å²) in [6.45, 7) is 7.17. The number of hydrogen-bond acceptors (Lipinski definition) is 6. The van der Waals surface area contributed by atoms with Crippen LogP contribution in [0.1, 0.15) is 61.9 Å². The van der Waals surface area contributed by atoms with E-state index in [9.17, 15) is 14.7 Å². The van der Waals surface area contributed by atoms with Crippen LogP contribution >= 0.6 is 0 Å². The molecule has 3 aromatic rings. The highest BCUT2D eigenvalue weighted by molar-refractivity contribution is 6.46. The number of carbonyl (C=O) groups excluding carboxylic acids is 2. The highest BCUT2D eigenvalue weighted by atomic mass is 16.5. The monoisotopic (exact) mass is 541 g/mol. The molecule has 0 saturated carbocycles. The smallest absolute Gasteiger partial charge is 0.295 e. The number of hydrogen-bond donors (Lipinski definition) is 1. The number of benzene rings is 3. The Morgan fingerprint density at radius 1 is 1.00 bits per heavy atom. The fourth-order valence-electron chi connectivity index (χ4n) is 5.30. The number of rotatable bonds is 10. The Hall–Kier alpha value is -4.26.